The van der Waals surface area contributed by atoms with Crippen LogP contribution in [0.2, 0.25) is 5.02 Å². The van der Waals surface area contributed by atoms with E-state index in [1.165, 1.54) is 6.07 Å². The van der Waals surface area contributed by atoms with Gasteiger partial charge in [0.15, 0.2) is 5.69 Å². The number of fused-ring (bicyclic) bond motifs is 1. The Balaban J connectivity index is 1.43. The number of aromatic nitrogens is 2. The third kappa shape index (κ3) is 3.90. The number of ether oxygens (including phenoxy) is 1. The van der Waals surface area contributed by atoms with Crippen LogP contribution in [0.1, 0.15) is 33.4 Å². The summed E-state index contributed by atoms with van der Waals surface area (Å²) in [7, 11) is 0. The number of carbonyl (C=O) groups is 1. The van der Waals surface area contributed by atoms with Gasteiger partial charge < -0.3 is 10.1 Å². The molecule has 0 saturated heterocycles. The summed E-state index contributed by atoms with van der Waals surface area (Å²) in [6.07, 6.45) is -0.186. The quantitative estimate of drug-likeness (QED) is 0.716. The Bertz CT molecular complexity index is 1020. The average Bonchev–Trinajstić information content (AvgIpc) is 3.11. The van der Waals surface area contributed by atoms with E-state index >= 15 is 0 Å². The van der Waals surface area contributed by atoms with E-state index in [4.69, 9.17) is 16.3 Å². The van der Waals surface area contributed by atoms with Gasteiger partial charge in [-0.2, -0.15) is 5.10 Å². The van der Waals surface area contributed by atoms with Gasteiger partial charge in [0, 0.05) is 23.2 Å². The lowest BCUT2D eigenvalue weighted by Crippen LogP contribution is -2.24. The van der Waals surface area contributed by atoms with E-state index in [0.29, 0.717) is 18.2 Å². The summed E-state index contributed by atoms with van der Waals surface area (Å²) in [4.78, 5) is 12.4. The molecule has 8 heteroatoms. The molecular formula is C20H16ClF2N3O2. The molecule has 1 aromatic heterocycles. The average molecular weight is 404 g/mol. The lowest BCUT2D eigenvalue weighted by molar-refractivity contribution is -0.00119. The van der Waals surface area contributed by atoms with Crippen molar-refractivity contribution >= 4 is 17.5 Å². The van der Waals surface area contributed by atoms with Crippen molar-refractivity contribution in [1.82, 2.24) is 15.1 Å². The number of rotatable bonds is 4. The van der Waals surface area contributed by atoms with Crippen LogP contribution in [0.15, 0.2) is 48.5 Å². The Kier molecular flexibility index (Phi) is 5.11. The minimum atomic E-state index is -0.705. The molecule has 1 aliphatic rings. The second-order valence-corrected chi connectivity index (χ2v) is 6.91. The summed E-state index contributed by atoms with van der Waals surface area (Å²) >= 11 is 5.92. The highest BCUT2D eigenvalue weighted by Crippen LogP contribution is 2.27. The number of hydrogen-bond donors (Lipinski definition) is 1. The van der Waals surface area contributed by atoms with Gasteiger partial charge in [-0.15, -0.1) is 0 Å². The molecular weight excluding hydrogens is 388 g/mol. The first-order valence-electron chi connectivity index (χ1n) is 8.65. The van der Waals surface area contributed by atoms with E-state index in [2.05, 4.69) is 10.4 Å². The molecule has 144 valence electrons. The van der Waals surface area contributed by atoms with Crippen molar-refractivity contribution in [2.45, 2.75) is 25.8 Å². The minimum Gasteiger partial charge on any atom is -0.365 e. The third-order valence-electron chi connectivity index (χ3n) is 4.56. The maximum Gasteiger partial charge on any atom is 0.272 e. The molecule has 1 amide bonds. The highest BCUT2D eigenvalue weighted by molar-refractivity contribution is 6.30. The Hall–Kier alpha value is -2.77. The molecule has 2 aromatic carbocycles. The summed E-state index contributed by atoms with van der Waals surface area (Å²) < 4.78 is 34.2. The van der Waals surface area contributed by atoms with Crippen LogP contribution in [0.25, 0.3) is 0 Å². The highest BCUT2D eigenvalue weighted by Gasteiger charge is 2.24. The van der Waals surface area contributed by atoms with Gasteiger partial charge in [-0.05, 0) is 29.8 Å². The number of hydrogen-bond acceptors (Lipinski definition) is 3. The van der Waals surface area contributed by atoms with Crippen LogP contribution >= 0.6 is 11.6 Å². The van der Waals surface area contributed by atoms with E-state index < -0.39 is 17.5 Å². The van der Waals surface area contributed by atoms with Crippen LogP contribution in [0.4, 0.5) is 8.78 Å². The first-order valence-corrected chi connectivity index (χ1v) is 9.03. The van der Waals surface area contributed by atoms with Gasteiger partial charge in [0.1, 0.15) is 17.7 Å². The number of halogens is 3. The molecule has 0 bridgehead atoms. The Morgan fingerprint density at radius 3 is 2.75 bits per heavy atom. The normalized spacial score (nSPS) is 15.9. The zero-order chi connectivity index (χ0) is 19.7. The van der Waals surface area contributed by atoms with Gasteiger partial charge in [-0.3, -0.25) is 9.48 Å². The van der Waals surface area contributed by atoms with Gasteiger partial charge in [-0.25, -0.2) is 8.78 Å². The van der Waals surface area contributed by atoms with E-state index in [1.807, 2.05) is 12.1 Å². The van der Waals surface area contributed by atoms with Crippen LogP contribution in [0.3, 0.4) is 0 Å². The van der Waals surface area contributed by atoms with Crippen LogP contribution in [0, 0.1) is 11.6 Å². The van der Waals surface area contributed by atoms with Crippen molar-refractivity contribution in [3.05, 3.63) is 87.7 Å². The smallest absolute Gasteiger partial charge is 0.272 e. The lowest BCUT2D eigenvalue weighted by atomic mass is 10.1. The fraction of sp³-hybridized carbons (Fsp3) is 0.200. The largest absolute Gasteiger partial charge is 0.365 e. The number of carbonyl (C=O) groups excluding carboxylic acids is 1. The minimum absolute atomic E-state index is 0.0585. The molecule has 0 unspecified atom stereocenters. The van der Waals surface area contributed by atoms with Crippen LogP contribution in [-0.2, 0) is 24.4 Å². The number of nitrogens with one attached hydrogen (secondary N) is 1. The van der Waals surface area contributed by atoms with E-state index in [0.717, 1.165) is 23.4 Å². The number of benzene rings is 2. The monoisotopic (exact) mass is 403 g/mol. The highest BCUT2D eigenvalue weighted by atomic mass is 35.5. The molecule has 2 heterocycles. The molecule has 0 radical (unpaired) electrons. The summed E-state index contributed by atoms with van der Waals surface area (Å²) in [5.41, 5.74) is 2.18. The molecule has 0 saturated carbocycles. The second kappa shape index (κ2) is 7.69. The molecule has 0 spiro atoms. The molecule has 0 fully saturated rings. The van der Waals surface area contributed by atoms with Crippen molar-refractivity contribution < 1.29 is 18.3 Å². The van der Waals surface area contributed by atoms with E-state index in [9.17, 15) is 13.6 Å². The van der Waals surface area contributed by atoms with Gasteiger partial charge in [0.2, 0.25) is 0 Å². The van der Waals surface area contributed by atoms with Crippen molar-refractivity contribution in [1.29, 1.82) is 0 Å². The molecule has 1 aliphatic heterocycles. The molecule has 5 nitrogen and oxygen atoms in total. The molecule has 1 atom stereocenters. The fourth-order valence-corrected chi connectivity index (χ4v) is 3.17. The predicted molar refractivity (Wildman–Crippen MR) is 98.7 cm³/mol. The number of nitrogens with zero attached hydrogens (tertiary/aromatic N) is 2. The Morgan fingerprint density at radius 2 is 2.00 bits per heavy atom. The second-order valence-electron chi connectivity index (χ2n) is 6.47. The topological polar surface area (TPSA) is 56.2 Å². The third-order valence-corrected chi connectivity index (χ3v) is 4.82. The summed E-state index contributed by atoms with van der Waals surface area (Å²) in [5.74, 6) is -1.80. The van der Waals surface area contributed by atoms with Gasteiger partial charge >= 0.3 is 0 Å². The Labute approximate surface area is 164 Å². The first kappa shape index (κ1) is 18.6. The van der Waals surface area contributed by atoms with Gasteiger partial charge in [0.25, 0.3) is 5.91 Å². The first-order chi connectivity index (χ1) is 13.5. The molecule has 28 heavy (non-hydrogen) atoms. The zero-order valence-electron chi connectivity index (χ0n) is 14.7. The van der Waals surface area contributed by atoms with Crippen LogP contribution < -0.4 is 5.32 Å². The fourth-order valence-electron chi connectivity index (χ4n) is 3.05. The zero-order valence-corrected chi connectivity index (χ0v) is 15.4. The predicted octanol–water partition coefficient (Wildman–Crippen LogP) is 4.02. The molecule has 4 rings (SSSR count). The van der Waals surface area contributed by atoms with Gasteiger partial charge in [-0.1, -0.05) is 29.8 Å². The van der Waals surface area contributed by atoms with Crippen molar-refractivity contribution in [3.63, 3.8) is 0 Å². The standard InChI is InChI=1S/C20H16ClF2N3O2/c21-14-4-1-12(2-5-14)19-10-26-16(11-28-19)8-18(25-26)20(27)24-9-13-3-6-15(22)7-17(13)23/h1-8,19H,9-11H2,(H,24,27)/t19-/m1/s1. The summed E-state index contributed by atoms with van der Waals surface area (Å²) in [6.45, 7) is 0.730. The summed E-state index contributed by atoms with van der Waals surface area (Å²) in [6, 6.07) is 12.3. The maximum atomic E-state index is 13.7. The lowest BCUT2D eigenvalue weighted by Gasteiger charge is -2.24. The molecule has 3 aromatic rings. The van der Waals surface area contributed by atoms with E-state index in [1.54, 1.807) is 22.9 Å². The summed E-state index contributed by atoms with van der Waals surface area (Å²) in [5, 5.41) is 7.59. The molecule has 0 aliphatic carbocycles. The number of amides is 1. The SMILES string of the molecule is O=C(NCc1ccc(F)cc1F)c1cc2n(n1)C[C@H](c1ccc(Cl)cc1)OC2. The van der Waals surface area contributed by atoms with Crippen LogP contribution in [-0.4, -0.2) is 15.7 Å². The van der Waals surface area contributed by atoms with Crippen LogP contribution in [0.5, 0.6) is 0 Å². The molecule has 1 N–H and O–H groups in total. The van der Waals surface area contributed by atoms with Gasteiger partial charge in [0.05, 0.1) is 18.8 Å². The maximum absolute atomic E-state index is 13.7. The van der Waals surface area contributed by atoms with E-state index in [-0.39, 0.29) is 23.9 Å². The van der Waals surface area contributed by atoms with Crippen molar-refractivity contribution in [2.75, 3.05) is 0 Å². The van der Waals surface area contributed by atoms with Crippen molar-refractivity contribution in [2.24, 2.45) is 0 Å². The van der Waals surface area contributed by atoms with Crippen molar-refractivity contribution in [3.8, 4) is 0 Å². The Morgan fingerprint density at radius 1 is 1.21 bits per heavy atom.